The van der Waals surface area contributed by atoms with E-state index in [2.05, 4.69) is 76.2 Å². The zero-order valence-corrected chi connectivity index (χ0v) is 19.2. The van der Waals surface area contributed by atoms with Crippen LogP contribution in [-0.4, -0.2) is 15.9 Å². The first-order chi connectivity index (χ1) is 16.7. The molecule has 5 aromatic rings. The second kappa shape index (κ2) is 9.87. The molecule has 0 saturated heterocycles. The van der Waals surface area contributed by atoms with E-state index in [-0.39, 0.29) is 11.8 Å². The lowest BCUT2D eigenvalue weighted by molar-refractivity contribution is -0.116. The van der Waals surface area contributed by atoms with E-state index >= 15 is 0 Å². The van der Waals surface area contributed by atoms with E-state index < -0.39 is 0 Å². The third-order valence-electron chi connectivity index (χ3n) is 6.62. The average Bonchev–Trinajstić information content (AvgIpc) is 3.48. The van der Waals surface area contributed by atoms with Crippen LogP contribution < -0.4 is 11.1 Å². The minimum atomic E-state index is 0.0164. The SMILES string of the molecule is Nc1ccccc1NC(=O)CCCCCC(c1c[nH]c2ccccc12)c1c[nH]c2ccccc12. The smallest absolute Gasteiger partial charge is 0.224 e. The molecule has 5 nitrogen and oxygen atoms in total. The van der Waals surface area contributed by atoms with Crippen LogP contribution in [-0.2, 0) is 4.79 Å². The fraction of sp³-hybridized carbons (Fsp3) is 0.207. The Morgan fingerprint density at radius 3 is 2.00 bits per heavy atom. The van der Waals surface area contributed by atoms with Crippen molar-refractivity contribution < 1.29 is 4.79 Å². The minimum Gasteiger partial charge on any atom is -0.397 e. The Labute approximate surface area is 199 Å². The number of aromatic amines is 2. The van der Waals surface area contributed by atoms with Gasteiger partial charge in [0.2, 0.25) is 5.91 Å². The van der Waals surface area contributed by atoms with E-state index in [1.165, 1.54) is 32.9 Å². The fourth-order valence-electron chi connectivity index (χ4n) is 4.88. The zero-order valence-electron chi connectivity index (χ0n) is 19.2. The number of hydrogen-bond acceptors (Lipinski definition) is 2. The number of hydrogen-bond donors (Lipinski definition) is 4. The van der Waals surface area contributed by atoms with Gasteiger partial charge in [0.25, 0.3) is 0 Å². The van der Waals surface area contributed by atoms with Crippen LogP contribution in [0.1, 0.15) is 49.1 Å². The van der Waals surface area contributed by atoms with Crippen molar-refractivity contribution in [3.63, 3.8) is 0 Å². The van der Waals surface area contributed by atoms with Gasteiger partial charge in [-0.15, -0.1) is 0 Å². The number of carbonyl (C=O) groups is 1. The predicted molar refractivity (Wildman–Crippen MR) is 141 cm³/mol. The van der Waals surface area contributed by atoms with E-state index in [1.807, 2.05) is 18.2 Å². The van der Waals surface area contributed by atoms with Gasteiger partial charge < -0.3 is 21.0 Å². The van der Waals surface area contributed by atoms with Crippen LogP contribution in [0.15, 0.2) is 85.2 Å². The summed E-state index contributed by atoms with van der Waals surface area (Å²) in [6, 6.07) is 24.4. The fourth-order valence-corrected chi connectivity index (χ4v) is 4.88. The predicted octanol–water partition coefficient (Wildman–Crippen LogP) is 6.95. The molecule has 1 amide bonds. The van der Waals surface area contributed by atoms with Crippen LogP contribution in [0.5, 0.6) is 0 Å². The maximum absolute atomic E-state index is 12.4. The maximum Gasteiger partial charge on any atom is 0.224 e. The molecule has 0 fully saturated rings. The number of nitrogen functional groups attached to an aromatic ring is 1. The van der Waals surface area contributed by atoms with E-state index in [0.717, 1.165) is 25.7 Å². The molecule has 0 aliphatic carbocycles. The monoisotopic (exact) mass is 450 g/mol. The van der Waals surface area contributed by atoms with Gasteiger partial charge in [-0.25, -0.2) is 0 Å². The number of amides is 1. The Morgan fingerprint density at radius 2 is 1.35 bits per heavy atom. The first-order valence-electron chi connectivity index (χ1n) is 12.0. The van der Waals surface area contributed by atoms with Crippen molar-refractivity contribution >= 4 is 39.1 Å². The summed E-state index contributed by atoms with van der Waals surface area (Å²) in [5, 5.41) is 5.47. The summed E-state index contributed by atoms with van der Waals surface area (Å²) in [5.41, 5.74) is 12.2. The Morgan fingerprint density at radius 1 is 0.765 bits per heavy atom. The highest BCUT2D eigenvalue weighted by Gasteiger charge is 2.21. The van der Waals surface area contributed by atoms with Gasteiger partial charge in [0.05, 0.1) is 11.4 Å². The van der Waals surface area contributed by atoms with Crippen molar-refractivity contribution in [2.75, 3.05) is 11.1 Å². The van der Waals surface area contributed by atoms with Crippen LogP contribution >= 0.6 is 0 Å². The van der Waals surface area contributed by atoms with Crippen molar-refractivity contribution in [1.82, 2.24) is 9.97 Å². The second-order valence-electron chi connectivity index (χ2n) is 8.87. The summed E-state index contributed by atoms with van der Waals surface area (Å²) in [6.45, 7) is 0. The highest BCUT2D eigenvalue weighted by molar-refractivity contribution is 5.93. The number of anilines is 2. The van der Waals surface area contributed by atoms with Crippen LogP contribution in [0.2, 0.25) is 0 Å². The van der Waals surface area contributed by atoms with E-state index in [4.69, 9.17) is 5.73 Å². The van der Waals surface area contributed by atoms with Gasteiger partial charge in [0, 0.05) is 46.5 Å². The quantitative estimate of drug-likeness (QED) is 0.145. The number of aromatic nitrogens is 2. The number of H-pyrrole nitrogens is 2. The molecule has 0 unspecified atom stereocenters. The van der Waals surface area contributed by atoms with Crippen molar-refractivity contribution in [3.05, 3.63) is 96.3 Å². The Kier molecular flexibility index (Phi) is 6.34. The summed E-state index contributed by atoms with van der Waals surface area (Å²) in [4.78, 5) is 19.3. The van der Waals surface area contributed by atoms with Gasteiger partial charge in [0.1, 0.15) is 0 Å². The number of carbonyl (C=O) groups excluding carboxylic acids is 1. The minimum absolute atomic E-state index is 0.0164. The molecule has 34 heavy (non-hydrogen) atoms. The molecule has 0 aliphatic heterocycles. The lowest BCUT2D eigenvalue weighted by Crippen LogP contribution is -2.12. The van der Waals surface area contributed by atoms with Gasteiger partial charge >= 0.3 is 0 Å². The normalized spacial score (nSPS) is 11.4. The summed E-state index contributed by atoms with van der Waals surface area (Å²) in [6.07, 6.45) is 8.75. The lowest BCUT2D eigenvalue weighted by atomic mass is 9.86. The first-order valence-corrected chi connectivity index (χ1v) is 12.0. The van der Waals surface area contributed by atoms with Gasteiger partial charge in [-0.1, -0.05) is 61.4 Å². The average molecular weight is 451 g/mol. The van der Waals surface area contributed by atoms with E-state index in [1.54, 1.807) is 6.07 Å². The molecule has 0 aliphatic rings. The molecule has 0 bridgehead atoms. The van der Waals surface area contributed by atoms with Crippen molar-refractivity contribution in [1.29, 1.82) is 0 Å². The van der Waals surface area contributed by atoms with Gasteiger partial charge in [-0.05, 0) is 48.2 Å². The van der Waals surface area contributed by atoms with Gasteiger partial charge in [-0.2, -0.15) is 0 Å². The molecule has 2 aromatic heterocycles. The van der Waals surface area contributed by atoms with Crippen LogP contribution in [0, 0.1) is 0 Å². The summed E-state index contributed by atoms with van der Waals surface area (Å²) in [7, 11) is 0. The van der Waals surface area contributed by atoms with Crippen LogP contribution in [0.25, 0.3) is 21.8 Å². The zero-order chi connectivity index (χ0) is 23.3. The largest absolute Gasteiger partial charge is 0.397 e. The van der Waals surface area contributed by atoms with Gasteiger partial charge in [0.15, 0.2) is 0 Å². The number of rotatable bonds is 9. The first kappa shape index (κ1) is 21.8. The highest BCUT2D eigenvalue weighted by atomic mass is 16.1. The summed E-state index contributed by atoms with van der Waals surface area (Å²) in [5.74, 6) is 0.299. The number of para-hydroxylation sites is 4. The highest BCUT2D eigenvalue weighted by Crippen LogP contribution is 2.38. The second-order valence-corrected chi connectivity index (χ2v) is 8.87. The molecule has 5 rings (SSSR count). The Bertz CT molecular complexity index is 1340. The maximum atomic E-state index is 12.4. The molecule has 5 heteroatoms. The molecule has 2 heterocycles. The molecule has 0 atom stereocenters. The Balaban J connectivity index is 1.27. The molecule has 5 N–H and O–H groups in total. The lowest BCUT2D eigenvalue weighted by Gasteiger charge is -2.17. The number of nitrogens with one attached hydrogen (secondary N) is 3. The number of benzene rings is 3. The molecular weight excluding hydrogens is 420 g/mol. The molecule has 3 aromatic carbocycles. The standard InChI is InChI=1S/C29H30N4O/c30-25-13-6-9-16-28(25)33-29(34)17-3-1-2-10-20(23-18-31-26-14-7-4-11-21(23)26)24-19-32-27-15-8-5-12-22(24)27/h4-9,11-16,18-20,31-32H,1-3,10,17,30H2,(H,33,34). The van der Waals surface area contributed by atoms with E-state index in [9.17, 15) is 4.79 Å². The van der Waals surface area contributed by atoms with Crippen LogP contribution in [0.3, 0.4) is 0 Å². The number of fused-ring (bicyclic) bond motifs is 2. The van der Waals surface area contributed by atoms with Crippen molar-refractivity contribution in [2.45, 2.75) is 38.0 Å². The Hall–Kier alpha value is -3.99. The summed E-state index contributed by atoms with van der Waals surface area (Å²) >= 11 is 0. The third-order valence-corrected chi connectivity index (χ3v) is 6.62. The summed E-state index contributed by atoms with van der Waals surface area (Å²) < 4.78 is 0. The van der Waals surface area contributed by atoms with Gasteiger partial charge in [-0.3, -0.25) is 4.79 Å². The van der Waals surface area contributed by atoms with E-state index in [0.29, 0.717) is 17.8 Å². The molecule has 0 spiro atoms. The van der Waals surface area contributed by atoms with Crippen molar-refractivity contribution in [2.24, 2.45) is 0 Å². The van der Waals surface area contributed by atoms with Crippen molar-refractivity contribution in [3.8, 4) is 0 Å². The molecular formula is C29H30N4O. The molecule has 172 valence electrons. The number of unbranched alkanes of at least 4 members (excludes halogenated alkanes) is 2. The molecule has 0 saturated carbocycles. The molecule has 0 radical (unpaired) electrons. The number of nitrogens with two attached hydrogens (primary N) is 1. The third kappa shape index (κ3) is 4.55. The topological polar surface area (TPSA) is 86.7 Å². The van der Waals surface area contributed by atoms with Crippen LogP contribution in [0.4, 0.5) is 11.4 Å².